The van der Waals surface area contributed by atoms with Gasteiger partial charge in [0.25, 0.3) is 0 Å². The first-order valence-electron chi connectivity index (χ1n) is 7.27. The fourth-order valence-electron chi connectivity index (χ4n) is 2.31. The van der Waals surface area contributed by atoms with E-state index in [0.717, 1.165) is 11.5 Å². The Morgan fingerprint density at radius 1 is 1.32 bits per heavy atom. The normalized spacial score (nSPS) is 11.5. The van der Waals surface area contributed by atoms with Gasteiger partial charge in [0.1, 0.15) is 12.2 Å². The molecule has 0 saturated carbocycles. The minimum Gasteiger partial charge on any atom is -0.389 e. The summed E-state index contributed by atoms with van der Waals surface area (Å²) in [6.07, 6.45) is 2.48. The third-order valence-electron chi connectivity index (χ3n) is 3.27. The second-order valence-corrected chi connectivity index (χ2v) is 6.01. The summed E-state index contributed by atoms with van der Waals surface area (Å²) in [7, 11) is 1.70. The lowest BCUT2D eigenvalue weighted by atomic mass is 10.1. The Morgan fingerprint density at radius 2 is 2.00 bits per heavy atom. The number of likely N-dealkylation sites (N-methyl/N-ethyl adjacent to an activating group) is 1. The summed E-state index contributed by atoms with van der Waals surface area (Å²) >= 11 is 0. The minimum absolute atomic E-state index is 0.0234. The van der Waals surface area contributed by atoms with E-state index < -0.39 is 5.60 Å². The Balaban J connectivity index is 1.98. The maximum Gasteiger partial charge on any atom is 0.222 e. The molecule has 6 nitrogen and oxygen atoms in total. The van der Waals surface area contributed by atoms with Crippen molar-refractivity contribution in [3.05, 3.63) is 42.5 Å². The second kappa shape index (κ2) is 6.70. The first kappa shape index (κ1) is 16.2. The van der Waals surface area contributed by atoms with Gasteiger partial charge in [-0.05, 0) is 26.0 Å². The molecule has 2 aromatic rings. The van der Waals surface area contributed by atoms with Crippen LogP contribution in [0.3, 0.4) is 0 Å². The molecule has 0 fully saturated rings. The Morgan fingerprint density at radius 3 is 2.64 bits per heavy atom. The number of rotatable bonds is 6. The molecule has 118 valence electrons. The molecule has 1 aromatic heterocycles. The Kier molecular flexibility index (Phi) is 4.92. The zero-order chi connectivity index (χ0) is 16.2. The Labute approximate surface area is 130 Å². The first-order chi connectivity index (χ1) is 10.4. The van der Waals surface area contributed by atoms with Crippen molar-refractivity contribution in [2.75, 3.05) is 13.6 Å². The number of nitrogens with zero attached hydrogens (tertiary/aromatic N) is 4. The summed E-state index contributed by atoms with van der Waals surface area (Å²) in [5, 5.41) is 17.8. The summed E-state index contributed by atoms with van der Waals surface area (Å²) in [6, 6.07) is 9.77. The van der Waals surface area contributed by atoms with Crippen LogP contribution in [-0.2, 0) is 11.2 Å². The first-order valence-corrected chi connectivity index (χ1v) is 7.27. The molecular formula is C16H22N4O2. The predicted octanol–water partition coefficient (Wildman–Crippen LogP) is 1.43. The van der Waals surface area contributed by atoms with Crippen molar-refractivity contribution >= 4 is 5.91 Å². The van der Waals surface area contributed by atoms with Crippen molar-refractivity contribution in [2.45, 2.75) is 32.3 Å². The molecule has 0 aliphatic heterocycles. The average Bonchev–Trinajstić information content (AvgIpc) is 2.92. The van der Waals surface area contributed by atoms with Crippen LogP contribution in [0.5, 0.6) is 0 Å². The Hall–Kier alpha value is -2.21. The Bertz CT molecular complexity index is 617. The lowest BCUT2D eigenvalue weighted by molar-refractivity contribution is -0.132. The van der Waals surface area contributed by atoms with Crippen molar-refractivity contribution in [2.24, 2.45) is 0 Å². The van der Waals surface area contributed by atoms with Gasteiger partial charge in [-0.3, -0.25) is 9.36 Å². The number of hydrogen-bond donors (Lipinski definition) is 1. The molecule has 2 rings (SSSR count). The van der Waals surface area contributed by atoms with Gasteiger partial charge in [-0.25, -0.2) is 0 Å². The SMILES string of the molecule is CN(CC(C)(C)O)C(=O)CCc1nncn1-c1ccccc1. The summed E-state index contributed by atoms with van der Waals surface area (Å²) in [5.74, 6) is 0.723. The van der Waals surface area contributed by atoms with Crippen LogP contribution >= 0.6 is 0 Å². The highest BCUT2D eigenvalue weighted by atomic mass is 16.3. The molecule has 0 saturated heterocycles. The average molecular weight is 302 g/mol. The number of hydrogen-bond acceptors (Lipinski definition) is 4. The molecule has 0 aliphatic rings. The van der Waals surface area contributed by atoms with Gasteiger partial charge in [-0.1, -0.05) is 18.2 Å². The highest BCUT2D eigenvalue weighted by Crippen LogP contribution is 2.11. The van der Waals surface area contributed by atoms with Crippen molar-refractivity contribution in [3.8, 4) is 5.69 Å². The molecule has 0 aliphatic carbocycles. The van der Waals surface area contributed by atoms with Gasteiger partial charge in [0, 0.05) is 32.1 Å². The van der Waals surface area contributed by atoms with E-state index in [-0.39, 0.29) is 5.91 Å². The maximum absolute atomic E-state index is 12.1. The summed E-state index contributed by atoms with van der Waals surface area (Å²) in [5.41, 5.74) is 0.0777. The molecule has 1 amide bonds. The molecule has 6 heteroatoms. The van der Waals surface area contributed by atoms with Crippen LogP contribution in [0, 0.1) is 0 Å². The van der Waals surface area contributed by atoms with Gasteiger partial charge in [0.05, 0.1) is 5.60 Å². The quantitative estimate of drug-likeness (QED) is 0.876. The van der Waals surface area contributed by atoms with Crippen LogP contribution in [0.4, 0.5) is 0 Å². The van der Waals surface area contributed by atoms with Gasteiger partial charge in [0.2, 0.25) is 5.91 Å². The van der Waals surface area contributed by atoms with Crippen molar-refractivity contribution in [1.29, 1.82) is 0 Å². The number of carbonyl (C=O) groups is 1. The smallest absolute Gasteiger partial charge is 0.222 e. The van der Waals surface area contributed by atoms with E-state index in [1.54, 1.807) is 32.1 Å². The lowest BCUT2D eigenvalue weighted by Crippen LogP contribution is -2.39. The molecule has 0 bridgehead atoms. The molecule has 0 spiro atoms. The van der Waals surface area contributed by atoms with Gasteiger partial charge in [-0.2, -0.15) is 0 Å². The van der Waals surface area contributed by atoms with Gasteiger partial charge >= 0.3 is 0 Å². The topological polar surface area (TPSA) is 71.2 Å². The molecule has 0 radical (unpaired) electrons. The van der Waals surface area contributed by atoms with E-state index in [1.165, 1.54) is 0 Å². The third-order valence-corrected chi connectivity index (χ3v) is 3.27. The van der Waals surface area contributed by atoms with Crippen molar-refractivity contribution in [1.82, 2.24) is 19.7 Å². The summed E-state index contributed by atoms with van der Waals surface area (Å²) < 4.78 is 1.88. The minimum atomic E-state index is -0.894. The van der Waals surface area contributed by atoms with Crippen LogP contribution in [0.15, 0.2) is 36.7 Å². The maximum atomic E-state index is 12.1. The van der Waals surface area contributed by atoms with E-state index in [2.05, 4.69) is 10.2 Å². The predicted molar refractivity (Wildman–Crippen MR) is 83.6 cm³/mol. The third kappa shape index (κ3) is 4.39. The number of para-hydroxylation sites is 1. The molecule has 1 N–H and O–H groups in total. The highest BCUT2D eigenvalue weighted by molar-refractivity contribution is 5.76. The number of benzene rings is 1. The monoisotopic (exact) mass is 302 g/mol. The fraction of sp³-hybridized carbons (Fsp3) is 0.438. The zero-order valence-corrected chi connectivity index (χ0v) is 13.2. The van der Waals surface area contributed by atoms with E-state index in [4.69, 9.17) is 0 Å². The van der Waals surface area contributed by atoms with Crippen molar-refractivity contribution < 1.29 is 9.90 Å². The summed E-state index contributed by atoms with van der Waals surface area (Å²) in [6.45, 7) is 3.67. The van der Waals surface area contributed by atoms with Crippen LogP contribution < -0.4 is 0 Å². The van der Waals surface area contributed by atoms with Gasteiger partial charge in [-0.15, -0.1) is 10.2 Å². The largest absolute Gasteiger partial charge is 0.389 e. The van der Waals surface area contributed by atoms with E-state index in [9.17, 15) is 9.90 Å². The van der Waals surface area contributed by atoms with Crippen LogP contribution in [-0.4, -0.2) is 49.9 Å². The highest BCUT2D eigenvalue weighted by Gasteiger charge is 2.19. The molecule has 0 atom stereocenters. The molecule has 22 heavy (non-hydrogen) atoms. The number of aliphatic hydroxyl groups is 1. The van der Waals surface area contributed by atoms with E-state index in [0.29, 0.717) is 19.4 Å². The lowest BCUT2D eigenvalue weighted by Gasteiger charge is -2.25. The molecule has 1 heterocycles. The number of carbonyl (C=O) groups excluding carboxylic acids is 1. The van der Waals surface area contributed by atoms with Crippen LogP contribution in [0.2, 0.25) is 0 Å². The molecular weight excluding hydrogens is 280 g/mol. The standard InChI is InChI=1S/C16H22N4O2/c1-16(2,22)11-19(3)15(21)10-9-14-18-17-12-20(14)13-7-5-4-6-8-13/h4-8,12,22H,9-11H2,1-3H3. The zero-order valence-electron chi connectivity index (χ0n) is 13.2. The number of aryl methyl sites for hydroxylation is 1. The number of aromatic nitrogens is 3. The van der Waals surface area contributed by atoms with E-state index in [1.807, 2.05) is 34.9 Å². The van der Waals surface area contributed by atoms with Crippen molar-refractivity contribution in [3.63, 3.8) is 0 Å². The van der Waals surface area contributed by atoms with Crippen LogP contribution in [0.25, 0.3) is 5.69 Å². The summed E-state index contributed by atoms with van der Waals surface area (Å²) in [4.78, 5) is 13.7. The fourth-order valence-corrected chi connectivity index (χ4v) is 2.31. The molecule has 1 aromatic carbocycles. The molecule has 0 unspecified atom stereocenters. The van der Waals surface area contributed by atoms with Gasteiger partial charge in [0.15, 0.2) is 0 Å². The van der Waals surface area contributed by atoms with Gasteiger partial charge < -0.3 is 10.0 Å². The van der Waals surface area contributed by atoms with Crippen LogP contribution in [0.1, 0.15) is 26.1 Å². The second-order valence-electron chi connectivity index (χ2n) is 6.01. The van der Waals surface area contributed by atoms with E-state index >= 15 is 0 Å². The number of amides is 1.